The molecule has 2 N–H and O–H groups in total. The van der Waals surface area contributed by atoms with Crippen molar-refractivity contribution in [1.82, 2.24) is 25.4 Å². The van der Waals surface area contributed by atoms with Crippen molar-refractivity contribution in [2.75, 3.05) is 19.6 Å². The smallest absolute Gasteiger partial charge is 0.252 e. The van der Waals surface area contributed by atoms with E-state index < -0.39 is 0 Å². The SMILES string of the molecule is Cc1cc(-c2cc(C(=O)NCCC3CCNC3)c3cnn(C(C)C)c3n2)c(C)o1.Cl.Cl. The average Bonchev–Trinajstić information content (AvgIpc) is 3.40. The number of nitrogens with one attached hydrogen (secondary N) is 2. The van der Waals surface area contributed by atoms with E-state index in [0.29, 0.717) is 18.0 Å². The lowest BCUT2D eigenvalue weighted by Gasteiger charge is -2.12. The summed E-state index contributed by atoms with van der Waals surface area (Å²) in [6.45, 7) is 10.7. The van der Waals surface area contributed by atoms with Gasteiger partial charge in [0.2, 0.25) is 0 Å². The molecule has 1 saturated heterocycles. The molecule has 1 aliphatic heterocycles. The highest BCUT2D eigenvalue weighted by atomic mass is 35.5. The minimum atomic E-state index is -0.0780. The van der Waals surface area contributed by atoms with Gasteiger partial charge in [0.1, 0.15) is 11.5 Å². The predicted octanol–water partition coefficient (Wildman–Crippen LogP) is 4.46. The highest BCUT2D eigenvalue weighted by Gasteiger charge is 2.21. The van der Waals surface area contributed by atoms with E-state index in [2.05, 4.69) is 29.6 Å². The molecule has 1 unspecified atom stereocenters. The van der Waals surface area contributed by atoms with Crippen LogP contribution in [0.25, 0.3) is 22.3 Å². The maximum absolute atomic E-state index is 13.1. The second-order valence-electron chi connectivity index (χ2n) is 8.21. The van der Waals surface area contributed by atoms with Crippen molar-refractivity contribution in [3.63, 3.8) is 0 Å². The maximum Gasteiger partial charge on any atom is 0.252 e. The number of amides is 1. The summed E-state index contributed by atoms with van der Waals surface area (Å²) in [7, 11) is 0. The lowest BCUT2D eigenvalue weighted by atomic mass is 10.0. The molecule has 31 heavy (non-hydrogen) atoms. The van der Waals surface area contributed by atoms with Crippen LogP contribution in [0.4, 0.5) is 0 Å². The van der Waals surface area contributed by atoms with Crippen molar-refractivity contribution in [3.8, 4) is 11.3 Å². The highest BCUT2D eigenvalue weighted by molar-refractivity contribution is 6.06. The summed E-state index contributed by atoms with van der Waals surface area (Å²) in [6.07, 6.45) is 3.92. The molecule has 1 fully saturated rings. The van der Waals surface area contributed by atoms with Crippen LogP contribution in [0, 0.1) is 19.8 Å². The molecule has 1 amide bonds. The number of carbonyl (C=O) groups is 1. The second-order valence-corrected chi connectivity index (χ2v) is 8.21. The zero-order valence-corrected chi connectivity index (χ0v) is 20.0. The van der Waals surface area contributed by atoms with E-state index in [9.17, 15) is 4.79 Å². The van der Waals surface area contributed by atoms with Crippen molar-refractivity contribution in [3.05, 3.63) is 35.4 Å². The summed E-state index contributed by atoms with van der Waals surface area (Å²) in [5.74, 6) is 2.19. The number of carbonyl (C=O) groups excluding carboxylic acids is 1. The Labute approximate surface area is 195 Å². The van der Waals surface area contributed by atoms with Gasteiger partial charge in [-0.1, -0.05) is 0 Å². The Balaban J connectivity index is 0.00000171. The fourth-order valence-corrected chi connectivity index (χ4v) is 4.05. The fraction of sp³-hybridized carbons (Fsp3) is 0.500. The third-order valence-electron chi connectivity index (χ3n) is 5.62. The number of rotatable bonds is 6. The first-order valence-electron chi connectivity index (χ1n) is 10.4. The molecule has 0 bridgehead atoms. The number of nitrogens with zero attached hydrogens (tertiary/aromatic N) is 3. The Morgan fingerprint density at radius 3 is 2.71 bits per heavy atom. The van der Waals surface area contributed by atoms with Crippen LogP contribution < -0.4 is 10.6 Å². The Bertz CT molecular complexity index is 1040. The van der Waals surface area contributed by atoms with Crippen molar-refractivity contribution >= 4 is 41.8 Å². The van der Waals surface area contributed by atoms with Crippen LogP contribution in [0.15, 0.2) is 22.7 Å². The molecule has 0 spiro atoms. The lowest BCUT2D eigenvalue weighted by Crippen LogP contribution is -2.26. The minimum absolute atomic E-state index is 0. The number of fused-ring (bicyclic) bond motifs is 1. The number of halogens is 2. The molecular formula is C22H31Cl2N5O2. The average molecular weight is 468 g/mol. The normalized spacial score (nSPS) is 15.7. The standard InChI is InChI=1S/C22H29N5O2.2ClH/c1-13(2)27-21-19(12-25-27)18(22(28)24-8-6-16-5-7-23-11-16)10-20(26-21)17-9-14(3)29-15(17)4;;/h9-10,12-13,16,23H,5-8,11H2,1-4H3,(H,24,28);2*1H. The van der Waals surface area contributed by atoms with Gasteiger partial charge in [-0.25, -0.2) is 9.67 Å². The molecule has 7 nitrogen and oxygen atoms in total. The number of aromatic nitrogens is 3. The fourth-order valence-electron chi connectivity index (χ4n) is 4.05. The predicted molar refractivity (Wildman–Crippen MR) is 128 cm³/mol. The first kappa shape index (κ1) is 25.2. The first-order valence-corrected chi connectivity index (χ1v) is 10.4. The Morgan fingerprint density at radius 1 is 1.32 bits per heavy atom. The number of furan rings is 1. The van der Waals surface area contributed by atoms with Crippen molar-refractivity contribution < 1.29 is 9.21 Å². The summed E-state index contributed by atoms with van der Waals surface area (Å²) in [4.78, 5) is 17.9. The number of hydrogen-bond acceptors (Lipinski definition) is 5. The molecule has 9 heteroatoms. The summed E-state index contributed by atoms with van der Waals surface area (Å²) >= 11 is 0. The van der Waals surface area contributed by atoms with Gasteiger partial charge in [0.15, 0.2) is 5.65 Å². The van der Waals surface area contributed by atoms with Gasteiger partial charge in [-0.15, -0.1) is 24.8 Å². The van der Waals surface area contributed by atoms with Crippen LogP contribution in [0.5, 0.6) is 0 Å². The van der Waals surface area contributed by atoms with E-state index in [-0.39, 0.29) is 36.8 Å². The number of pyridine rings is 1. The third-order valence-corrected chi connectivity index (χ3v) is 5.62. The van der Waals surface area contributed by atoms with Crippen LogP contribution in [0.2, 0.25) is 0 Å². The highest BCUT2D eigenvalue weighted by Crippen LogP contribution is 2.30. The number of hydrogen-bond donors (Lipinski definition) is 2. The zero-order chi connectivity index (χ0) is 20.5. The van der Waals surface area contributed by atoms with Crippen molar-refractivity contribution in [2.24, 2.45) is 5.92 Å². The lowest BCUT2D eigenvalue weighted by molar-refractivity contribution is 0.0953. The van der Waals surface area contributed by atoms with Gasteiger partial charge in [0.05, 0.1) is 22.8 Å². The Morgan fingerprint density at radius 2 is 2.10 bits per heavy atom. The molecule has 1 atom stereocenters. The van der Waals surface area contributed by atoms with E-state index in [0.717, 1.165) is 53.3 Å². The zero-order valence-electron chi connectivity index (χ0n) is 18.4. The summed E-state index contributed by atoms with van der Waals surface area (Å²) < 4.78 is 7.56. The van der Waals surface area contributed by atoms with E-state index in [1.54, 1.807) is 6.20 Å². The van der Waals surface area contributed by atoms with Crippen molar-refractivity contribution in [2.45, 2.75) is 46.6 Å². The van der Waals surface area contributed by atoms with Crippen LogP contribution in [0.3, 0.4) is 0 Å². The summed E-state index contributed by atoms with van der Waals surface area (Å²) in [5.41, 5.74) is 2.98. The quantitative estimate of drug-likeness (QED) is 0.558. The molecular weight excluding hydrogens is 437 g/mol. The van der Waals surface area contributed by atoms with Crippen LogP contribution in [-0.2, 0) is 0 Å². The molecule has 1 aliphatic rings. The molecule has 0 saturated carbocycles. The minimum Gasteiger partial charge on any atom is -0.466 e. The summed E-state index contributed by atoms with van der Waals surface area (Å²) in [6, 6.07) is 3.97. The number of aryl methyl sites for hydroxylation is 2. The van der Waals surface area contributed by atoms with Gasteiger partial charge in [0, 0.05) is 18.2 Å². The Kier molecular flexibility index (Phi) is 8.51. The van der Waals surface area contributed by atoms with Gasteiger partial charge in [-0.2, -0.15) is 5.10 Å². The molecule has 0 radical (unpaired) electrons. The molecule has 3 aromatic rings. The summed E-state index contributed by atoms with van der Waals surface area (Å²) in [5, 5.41) is 11.7. The van der Waals surface area contributed by atoms with Gasteiger partial charge in [-0.3, -0.25) is 4.79 Å². The largest absolute Gasteiger partial charge is 0.466 e. The first-order chi connectivity index (χ1) is 13.9. The molecule has 0 aliphatic carbocycles. The molecule has 3 aromatic heterocycles. The van der Waals surface area contributed by atoms with E-state index >= 15 is 0 Å². The van der Waals surface area contributed by atoms with Crippen LogP contribution >= 0.6 is 24.8 Å². The van der Waals surface area contributed by atoms with Crippen LogP contribution in [-0.4, -0.2) is 40.3 Å². The topological polar surface area (TPSA) is 85.0 Å². The molecule has 4 rings (SSSR count). The maximum atomic E-state index is 13.1. The molecule has 4 heterocycles. The van der Waals surface area contributed by atoms with E-state index in [1.807, 2.05) is 30.7 Å². The molecule has 170 valence electrons. The van der Waals surface area contributed by atoms with Gasteiger partial charge < -0.3 is 15.1 Å². The monoisotopic (exact) mass is 467 g/mol. The molecule has 0 aromatic carbocycles. The van der Waals surface area contributed by atoms with Gasteiger partial charge in [0.25, 0.3) is 5.91 Å². The second kappa shape index (κ2) is 10.5. The van der Waals surface area contributed by atoms with Crippen molar-refractivity contribution in [1.29, 1.82) is 0 Å². The Hall–Kier alpha value is -2.09. The van der Waals surface area contributed by atoms with Gasteiger partial charge >= 0.3 is 0 Å². The van der Waals surface area contributed by atoms with Gasteiger partial charge in [-0.05, 0) is 71.7 Å². The third kappa shape index (κ3) is 5.22. The van der Waals surface area contributed by atoms with E-state index in [4.69, 9.17) is 9.40 Å². The van der Waals surface area contributed by atoms with Crippen LogP contribution in [0.1, 0.15) is 54.6 Å². The van der Waals surface area contributed by atoms with E-state index in [1.165, 1.54) is 6.42 Å².